The number of hydrogen-bond donors (Lipinski definition) is 0. The van der Waals surface area contributed by atoms with Gasteiger partial charge in [-0.1, -0.05) is 6.07 Å². The number of isocyanates is 1. The van der Waals surface area contributed by atoms with Crippen molar-refractivity contribution in [1.29, 1.82) is 0 Å². The number of hydrogen-bond acceptors (Lipinski definition) is 4. The SMILES string of the molecule is O=C=Nc1cccc2nc(C3CC3)nn12. The van der Waals surface area contributed by atoms with Crippen molar-refractivity contribution in [2.45, 2.75) is 18.8 Å². The van der Waals surface area contributed by atoms with Crippen LogP contribution in [0.3, 0.4) is 0 Å². The van der Waals surface area contributed by atoms with E-state index in [2.05, 4.69) is 15.1 Å². The van der Waals surface area contributed by atoms with Gasteiger partial charge >= 0.3 is 0 Å². The molecule has 74 valence electrons. The van der Waals surface area contributed by atoms with E-state index in [1.807, 2.05) is 6.07 Å². The highest BCUT2D eigenvalue weighted by atomic mass is 16.1. The maximum atomic E-state index is 10.2. The zero-order valence-electron chi connectivity index (χ0n) is 7.92. The lowest BCUT2D eigenvalue weighted by molar-refractivity contribution is 0.565. The normalized spacial score (nSPS) is 15.2. The Morgan fingerprint density at radius 1 is 1.47 bits per heavy atom. The topological polar surface area (TPSA) is 59.6 Å². The van der Waals surface area contributed by atoms with Crippen LogP contribution in [0.5, 0.6) is 0 Å². The molecule has 0 saturated heterocycles. The fraction of sp³-hybridized carbons (Fsp3) is 0.300. The maximum Gasteiger partial charge on any atom is 0.242 e. The van der Waals surface area contributed by atoms with Crippen molar-refractivity contribution in [2.75, 3.05) is 0 Å². The zero-order chi connectivity index (χ0) is 10.3. The minimum atomic E-state index is 0.474. The van der Waals surface area contributed by atoms with Gasteiger partial charge in [0.1, 0.15) is 0 Å². The average Bonchev–Trinajstić information content (AvgIpc) is 2.99. The van der Waals surface area contributed by atoms with Crippen molar-refractivity contribution >= 4 is 17.5 Å². The van der Waals surface area contributed by atoms with Gasteiger partial charge in [0, 0.05) is 5.92 Å². The summed E-state index contributed by atoms with van der Waals surface area (Å²) in [5.74, 6) is 1.82. The van der Waals surface area contributed by atoms with Gasteiger partial charge in [-0.2, -0.15) is 4.52 Å². The molecule has 1 fully saturated rings. The van der Waals surface area contributed by atoms with Crippen LogP contribution in [0.4, 0.5) is 5.82 Å². The predicted octanol–water partition coefficient (Wildman–Crippen LogP) is 1.57. The van der Waals surface area contributed by atoms with Crippen molar-refractivity contribution < 1.29 is 4.79 Å². The molecule has 0 radical (unpaired) electrons. The van der Waals surface area contributed by atoms with Gasteiger partial charge in [0.25, 0.3) is 0 Å². The number of rotatable bonds is 2. The van der Waals surface area contributed by atoms with Gasteiger partial charge < -0.3 is 0 Å². The Balaban J connectivity index is 2.23. The van der Waals surface area contributed by atoms with Crippen molar-refractivity contribution in [2.24, 2.45) is 4.99 Å². The molecule has 5 heteroatoms. The molecule has 2 heterocycles. The Bertz CT molecular complexity index is 564. The van der Waals surface area contributed by atoms with Crippen LogP contribution in [0, 0.1) is 0 Å². The van der Waals surface area contributed by atoms with Crippen molar-refractivity contribution in [3.8, 4) is 0 Å². The average molecular weight is 200 g/mol. The number of aromatic nitrogens is 3. The highest BCUT2D eigenvalue weighted by Gasteiger charge is 2.28. The molecule has 0 unspecified atom stereocenters. The van der Waals surface area contributed by atoms with Crippen LogP contribution >= 0.6 is 0 Å². The lowest BCUT2D eigenvalue weighted by Gasteiger charge is -1.93. The molecule has 2 aromatic rings. The molecule has 0 spiro atoms. The fourth-order valence-corrected chi connectivity index (χ4v) is 1.55. The first kappa shape index (κ1) is 8.32. The van der Waals surface area contributed by atoms with E-state index < -0.39 is 0 Å². The number of aliphatic imine (C=N–C) groups is 1. The Morgan fingerprint density at radius 2 is 2.33 bits per heavy atom. The minimum absolute atomic E-state index is 0.474. The third-order valence-electron chi connectivity index (χ3n) is 2.46. The van der Waals surface area contributed by atoms with E-state index in [0.29, 0.717) is 11.7 Å². The minimum Gasteiger partial charge on any atom is -0.212 e. The third kappa shape index (κ3) is 1.33. The van der Waals surface area contributed by atoms with Crippen LogP contribution in [0.2, 0.25) is 0 Å². The number of carbonyl (C=O) groups excluding carboxylic acids is 1. The molecule has 0 atom stereocenters. The first-order valence-electron chi connectivity index (χ1n) is 4.82. The van der Waals surface area contributed by atoms with Crippen LogP contribution in [-0.2, 0) is 4.79 Å². The summed E-state index contributed by atoms with van der Waals surface area (Å²) in [5, 5.41) is 4.33. The summed E-state index contributed by atoms with van der Waals surface area (Å²) in [6.45, 7) is 0. The molecule has 3 rings (SSSR count). The summed E-state index contributed by atoms with van der Waals surface area (Å²) >= 11 is 0. The van der Waals surface area contributed by atoms with Crippen molar-refractivity contribution in [3.63, 3.8) is 0 Å². The van der Waals surface area contributed by atoms with E-state index in [0.717, 1.165) is 24.3 Å². The first-order valence-corrected chi connectivity index (χ1v) is 4.82. The predicted molar refractivity (Wildman–Crippen MR) is 52.7 cm³/mol. The molecule has 0 aliphatic heterocycles. The standard InChI is InChI=1S/C10H8N4O/c15-6-11-8-2-1-3-9-12-10(7-4-5-7)13-14(8)9/h1-3,7H,4-5H2. The summed E-state index contributed by atoms with van der Waals surface area (Å²) in [6, 6.07) is 5.36. The molecule has 1 saturated carbocycles. The van der Waals surface area contributed by atoms with E-state index >= 15 is 0 Å². The van der Waals surface area contributed by atoms with Crippen LogP contribution in [0.1, 0.15) is 24.6 Å². The first-order chi connectivity index (χ1) is 7.38. The molecule has 0 N–H and O–H groups in total. The molecular weight excluding hydrogens is 192 g/mol. The monoisotopic (exact) mass is 200 g/mol. The number of nitrogens with zero attached hydrogens (tertiary/aromatic N) is 4. The molecule has 0 amide bonds. The van der Waals surface area contributed by atoms with E-state index in [-0.39, 0.29) is 0 Å². The summed E-state index contributed by atoms with van der Waals surface area (Å²) in [6.07, 6.45) is 3.83. The molecule has 15 heavy (non-hydrogen) atoms. The Hall–Kier alpha value is -2.00. The highest BCUT2D eigenvalue weighted by Crippen LogP contribution is 2.38. The summed E-state index contributed by atoms with van der Waals surface area (Å²) in [7, 11) is 0. The van der Waals surface area contributed by atoms with E-state index in [4.69, 9.17) is 0 Å². The molecule has 0 aromatic carbocycles. The van der Waals surface area contributed by atoms with Gasteiger partial charge in [-0.15, -0.1) is 10.1 Å². The van der Waals surface area contributed by atoms with Crippen LogP contribution in [-0.4, -0.2) is 20.7 Å². The van der Waals surface area contributed by atoms with Gasteiger partial charge in [0.15, 0.2) is 17.3 Å². The van der Waals surface area contributed by atoms with Gasteiger partial charge in [-0.3, -0.25) is 0 Å². The summed E-state index contributed by atoms with van der Waals surface area (Å²) in [5.41, 5.74) is 0.730. The summed E-state index contributed by atoms with van der Waals surface area (Å²) in [4.78, 5) is 18.2. The zero-order valence-corrected chi connectivity index (χ0v) is 7.92. The fourth-order valence-electron chi connectivity index (χ4n) is 1.55. The van der Waals surface area contributed by atoms with Crippen LogP contribution in [0.25, 0.3) is 5.65 Å². The van der Waals surface area contributed by atoms with Gasteiger partial charge in [0.2, 0.25) is 6.08 Å². The van der Waals surface area contributed by atoms with E-state index in [1.165, 1.54) is 6.08 Å². The van der Waals surface area contributed by atoms with Crippen molar-refractivity contribution in [1.82, 2.24) is 14.6 Å². The second-order valence-electron chi connectivity index (χ2n) is 3.60. The smallest absolute Gasteiger partial charge is 0.212 e. The lowest BCUT2D eigenvalue weighted by Crippen LogP contribution is -1.88. The number of pyridine rings is 1. The second-order valence-corrected chi connectivity index (χ2v) is 3.60. The largest absolute Gasteiger partial charge is 0.242 e. The van der Waals surface area contributed by atoms with Crippen molar-refractivity contribution in [3.05, 3.63) is 24.0 Å². The van der Waals surface area contributed by atoms with E-state index in [1.54, 1.807) is 16.6 Å². The van der Waals surface area contributed by atoms with Gasteiger partial charge in [0.05, 0.1) is 0 Å². The molecule has 2 aromatic heterocycles. The van der Waals surface area contributed by atoms with Gasteiger partial charge in [-0.05, 0) is 25.0 Å². The Morgan fingerprint density at radius 3 is 3.07 bits per heavy atom. The molecular formula is C10H8N4O. The van der Waals surface area contributed by atoms with Gasteiger partial charge in [-0.25, -0.2) is 9.78 Å². The van der Waals surface area contributed by atoms with Crippen LogP contribution < -0.4 is 0 Å². The van der Waals surface area contributed by atoms with Crippen LogP contribution in [0.15, 0.2) is 23.2 Å². The van der Waals surface area contributed by atoms with E-state index in [9.17, 15) is 4.79 Å². The Kier molecular flexibility index (Phi) is 1.66. The lowest BCUT2D eigenvalue weighted by atomic mass is 10.4. The molecule has 5 nitrogen and oxygen atoms in total. The molecule has 1 aliphatic carbocycles. The number of fused-ring (bicyclic) bond motifs is 1. The molecule has 0 bridgehead atoms. The third-order valence-corrected chi connectivity index (χ3v) is 2.46. The highest BCUT2D eigenvalue weighted by molar-refractivity contribution is 5.51. The molecule has 1 aliphatic rings. The quantitative estimate of drug-likeness (QED) is 0.546. The summed E-state index contributed by atoms with van der Waals surface area (Å²) < 4.78 is 1.58. The Labute approximate surface area is 85.5 Å². The maximum absolute atomic E-state index is 10.2. The second kappa shape index (κ2) is 3.00.